The maximum atomic E-state index is 12.2. The summed E-state index contributed by atoms with van der Waals surface area (Å²) in [7, 11) is 1.62. The number of carboxylic acid groups (broad SMARTS) is 1. The fourth-order valence-electron chi connectivity index (χ4n) is 2.39. The third kappa shape index (κ3) is 2.28. The van der Waals surface area contributed by atoms with Gasteiger partial charge < -0.3 is 10.0 Å². The van der Waals surface area contributed by atoms with Crippen molar-refractivity contribution in [2.75, 3.05) is 18.5 Å². The van der Waals surface area contributed by atoms with Crippen LogP contribution in [0.3, 0.4) is 0 Å². The normalized spacial score (nSPS) is 19.4. The number of carboxylic acids is 1. The highest BCUT2D eigenvalue weighted by Gasteiger charge is 2.41. The van der Waals surface area contributed by atoms with Gasteiger partial charge >= 0.3 is 12.0 Å². The molecule has 1 unspecified atom stereocenters. The van der Waals surface area contributed by atoms with Gasteiger partial charge in [-0.25, -0.2) is 9.59 Å². The van der Waals surface area contributed by atoms with Gasteiger partial charge in [0.05, 0.1) is 6.54 Å². The van der Waals surface area contributed by atoms with E-state index in [-0.39, 0.29) is 18.5 Å². The first-order valence-electron chi connectivity index (χ1n) is 6.29. The van der Waals surface area contributed by atoms with Crippen LogP contribution in [-0.4, -0.2) is 41.6 Å². The number of likely N-dealkylation sites (N-methyl/N-ethyl adjacent to an activating group) is 1. The van der Waals surface area contributed by atoms with Crippen LogP contribution in [0, 0.1) is 0 Å². The van der Waals surface area contributed by atoms with Crippen molar-refractivity contribution in [3.8, 4) is 0 Å². The topological polar surface area (TPSA) is 60.9 Å². The first-order valence-corrected chi connectivity index (χ1v) is 6.29. The van der Waals surface area contributed by atoms with E-state index in [2.05, 4.69) is 0 Å². The lowest BCUT2D eigenvalue weighted by Gasteiger charge is -2.24. The van der Waals surface area contributed by atoms with Gasteiger partial charge in [0.15, 0.2) is 6.04 Å². The number of hydrogen-bond acceptors (Lipinski definition) is 2. The summed E-state index contributed by atoms with van der Waals surface area (Å²) in [6.07, 6.45) is 0. The molecule has 2 amide bonds. The van der Waals surface area contributed by atoms with Crippen molar-refractivity contribution in [3.05, 3.63) is 29.8 Å². The van der Waals surface area contributed by atoms with Gasteiger partial charge in [-0.3, -0.25) is 4.90 Å². The molecule has 102 valence electrons. The summed E-state index contributed by atoms with van der Waals surface area (Å²) in [4.78, 5) is 26.3. The van der Waals surface area contributed by atoms with E-state index in [1.54, 1.807) is 7.05 Å². The molecule has 1 N–H and O–H groups in total. The molecule has 0 spiro atoms. The lowest BCUT2D eigenvalue weighted by Crippen LogP contribution is -2.40. The maximum Gasteiger partial charge on any atom is 0.328 e. The molecule has 1 fully saturated rings. The Morgan fingerprint density at radius 1 is 1.37 bits per heavy atom. The van der Waals surface area contributed by atoms with E-state index in [9.17, 15) is 14.7 Å². The fraction of sp³-hybridized carbons (Fsp3) is 0.429. The molecule has 2 rings (SSSR count). The Morgan fingerprint density at radius 2 is 2.00 bits per heavy atom. The van der Waals surface area contributed by atoms with Crippen LogP contribution in [0.1, 0.15) is 25.3 Å². The Hall–Kier alpha value is -2.04. The molecule has 5 heteroatoms. The summed E-state index contributed by atoms with van der Waals surface area (Å²) in [6.45, 7) is 4.26. The number of anilines is 1. The number of urea groups is 1. The second-order valence-corrected chi connectivity index (χ2v) is 5.10. The molecular formula is C14H18N2O3. The van der Waals surface area contributed by atoms with Crippen molar-refractivity contribution in [1.82, 2.24) is 4.90 Å². The molecular weight excluding hydrogens is 244 g/mol. The van der Waals surface area contributed by atoms with E-state index in [1.165, 1.54) is 9.80 Å². The Bertz CT molecular complexity index is 513. The summed E-state index contributed by atoms with van der Waals surface area (Å²) >= 11 is 0. The number of amides is 2. The number of rotatable bonds is 3. The fourth-order valence-corrected chi connectivity index (χ4v) is 2.39. The SMILES string of the molecule is CC(C)c1ccccc1N1C(=O)N(C)CC1C(=O)O. The highest BCUT2D eigenvalue weighted by molar-refractivity contribution is 6.01. The monoisotopic (exact) mass is 262 g/mol. The Kier molecular flexibility index (Phi) is 3.46. The molecule has 0 aromatic heterocycles. The average molecular weight is 262 g/mol. The lowest BCUT2D eigenvalue weighted by atomic mass is 10.00. The van der Waals surface area contributed by atoms with Crippen LogP contribution in [0.15, 0.2) is 24.3 Å². The van der Waals surface area contributed by atoms with Crippen molar-refractivity contribution in [3.63, 3.8) is 0 Å². The number of carbonyl (C=O) groups is 2. The van der Waals surface area contributed by atoms with Crippen LogP contribution in [0.4, 0.5) is 10.5 Å². The van der Waals surface area contributed by atoms with E-state index >= 15 is 0 Å². The third-order valence-corrected chi connectivity index (χ3v) is 3.39. The number of nitrogens with zero attached hydrogens (tertiary/aromatic N) is 2. The molecule has 1 aliphatic rings. The Balaban J connectivity index is 2.49. The summed E-state index contributed by atoms with van der Waals surface area (Å²) in [5.74, 6) is -0.749. The molecule has 1 aromatic rings. The summed E-state index contributed by atoms with van der Waals surface area (Å²) in [5.41, 5.74) is 1.68. The number of carbonyl (C=O) groups excluding carboxylic acids is 1. The highest BCUT2D eigenvalue weighted by Crippen LogP contribution is 2.31. The minimum atomic E-state index is -0.976. The van der Waals surface area contributed by atoms with Gasteiger partial charge in [0.25, 0.3) is 0 Å². The molecule has 0 radical (unpaired) electrons. The molecule has 1 aromatic carbocycles. The van der Waals surface area contributed by atoms with Crippen molar-refractivity contribution in [2.45, 2.75) is 25.8 Å². The van der Waals surface area contributed by atoms with Gasteiger partial charge in [0, 0.05) is 12.7 Å². The van der Waals surface area contributed by atoms with Gasteiger partial charge in [-0.2, -0.15) is 0 Å². The van der Waals surface area contributed by atoms with Crippen LogP contribution in [0.25, 0.3) is 0 Å². The Labute approximate surface area is 112 Å². The van der Waals surface area contributed by atoms with Gasteiger partial charge in [0.2, 0.25) is 0 Å². The van der Waals surface area contributed by atoms with Crippen LogP contribution >= 0.6 is 0 Å². The molecule has 1 heterocycles. The van der Waals surface area contributed by atoms with Gasteiger partial charge in [-0.1, -0.05) is 32.0 Å². The van der Waals surface area contributed by atoms with Gasteiger partial charge in [0.1, 0.15) is 0 Å². The van der Waals surface area contributed by atoms with Crippen LogP contribution in [0.5, 0.6) is 0 Å². The van der Waals surface area contributed by atoms with Crippen LogP contribution < -0.4 is 4.90 Å². The molecule has 1 atom stereocenters. The largest absolute Gasteiger partial charge is 0.480 e. The molecule has 19 heavy (non-hydrogen) atoms. The summed E-state index contributed by atoms with van der Waals surface area (Å²) in [6, 6.07) is 6.38. The van der Waals surface area contributed by atoms with Gasteiger partial charge in [-0.15, -0.1) is 0 Å². The summed E-state index contributed by atoms with van der Waals surface area (Å²) in [5, 5.41) is 9.29. The second kappa shape index (κ2) is 4.91. The van der Waals surface area contributed by atoms with E-state index in [0.29, 0.717) is 5.69 Å². The van der Waals surface area contributed by atoms with E-state index in [1.807, 2.05) is 38.1 Å². The molecule has 0 bridgehead atoms. The van der Waals surface area contributed by atoms with E-state index < -0.39 is 12.0 Å². The lowest BCUT2D eigenvalue weighted by molar-refractivity contribution is -0.138. The minimum absolute atomic E-state index is 0.209. The number of benzene rings is 1. The molecule has 0 aliphatic carbocycles. The highest BCUT2D eigenvalue weighted by atomic mass is 16.4. The first kappa shape index (κ1) is 13.4. The van der Waals surface area contributed by atoms with Crippen molar-refractivity contribution in [2.24, 2.45) is 0 Å². The zero-order valence-corrected chi connectivity index (χ0v) is 11.3. The Morgan fingerprint density at radius 3 is 2.58 bits per heavy atom. The number of aliphatic carboxylic acids is 1. The predicted octanol–water partition coefficient (Wildman–Crippen LogP) is 2.13. The average Bonchev–Trinajstić information content (AvgIpc) is 2.66. The zero-order chi connectivity index (χ0) is 14.2. The quantitative estimate of drug-likeness (QED) is 0.907. The molecule has 1 aliphatic heterocycles. The molecule has 5 nitrogen and oxygen atoms in total. The van der Waals surface area contributed by atoms with Crippen LogP contribution in [0.2, 0.25) is 0 Å². The summed E-state index contributed by atoms with van der Waals surface area (Å²) < 4.78 is 0. The molecule has 1 saturated heterocycles. The zero-order valence-electron chi connectivity index (χ0n) is 11.3. The second-order valence-electron chi connectivity index (χ2n) is 5.10. The van der Waals surface area contributed by atoms with Crippen LogP contribution in [-0.2, 0) is 4.79 Å². The van der Waals surface area contributed by atoms with Crippen molar-refractivity contribution >= 4 is 17.7 Å². The standard InChI is InChI=1S/C14H18N2O3/c1-9(2)10-6-4-5-7-11(10)16-12(13(17)18)8-15(3)14(16)19/h4-7,9,12H,8H2,1-3H3,(H,17,18). The van der Waals surface area contributed by atoms with E-state index in [0.717, 1.165) is 5.56 Å². The van der Waals surface area contributed by atoms with E-state index in [4.69, 9.17) is 0 Å². The minimum Gasteiger partial charge on any atom is -0.480 e. The first-order chi connectivity index (χ1) is 8.93. The number of para-hydroxylation sites is 1. The predicted molar refractivity (Wildman–Crippen MR) is 72.5 cm³/mol. The van der Waals surface area contributed by atoms with Crippen molar-refractivity contribution in [1.29, 1.82) is 0 Å². The van der Waals surface area contributed by atoms with Crippen molar-refractivity contribution < 1.29 is 14.7 Å². The van der Waals surface area contributed by atoms with Gasteiger partial charge in [-0.05, 0) is 17.5 Å². The number of hydrogen-bond donors (Lipinski definition) is 1. The maximum absolute atomic E-state index is 12.2. The molecule has 0 saturated carbocycles. The smallest absolute Gasteiger partial charge is 0.328 e. The third-order valence-electron chi connectivity index (χ3n) is 3.39.